The van der Waals surface area contributed by atoms with Crippen LogP contribution in [0.15, 0.2) is 18.2 Å². The quantitative estimate of drug-likeness (QED) is 0.668. The first-order chi connectivity index (χ1) is 10.8. The molecule has 0 heterocycles. The van der Waals surface area contributed by atoms with Gasteiger partial charge in [-0.15, -0.1) is 0 Å². The van der Waals surface area contributed by atoms with E-state index in [9.17, 15) is 9.59 Å². The first-order valence-electron chi connectivity index (χ1n) is 7.48. The number of nitrogens with two attached hydrogens (primary N) is 1. The van der Waals surface area contributed by atoms with Crippen LogP contribution >= 0.6 is 23.4 Å². The van der Waals surface area contributed by atoms with Gasteiger partial charge in [0, 0.05) is 12.2 Å². The Hall–Kier alpha value is -1.24. The lowest BCUT2D eigenvalue weighted by Gasteiger charge is -2.13. The zero-order chi connectivity index (χ0) is 17.4. The van der Waals surface area contributed by atoms with E-state index in [-0.39, 0.29) is 11.8 Å². The molecule has 0 fully saturated rings. The maximum Gasteiger partial charge on any atom is 0.252 e. The highest BCUT2D eigenvalue weighted by Crippen LogP contribution is 2.21. The molecule has 128 valence electrons. The maximum atomic E-state index is 12.0. The molecule has 0 aliphatic heterocycles. The molecule has 0 aliphatic carbocycles. The smallest absolute Gasteiger partial charge is 0.252 e. The predicted molar refractivity (Wildman–Crippen MR) is 98.2 cm³/mol. The number of hydrogen-bond acceptors (Lipinski definition) is 4. The number of hydrogen-bond donors (Lipinski definition) is 3. The van der Waals surface area contributed by atoms with Crippen LogP contribution in [0.1, 0.15) is 30.6 Å². The number of anilines is 1. The summed E-state index contributed by atoms with van der Waals surface area (Å²) < 4.78 is 0. The van der Waals surface area contributed by atoms with Crippen molar-refractivity contribution in [2.45, 2.75) is 26.3 Å². The van der Waals surface area contributed by atoms with Crippen molar-refractivity contribution in [2.24, 2.45) is 11.7 Å². The van der Waals surface area contributed by atoms with E-state index in [2.05, 4.69) is 10.6 Å². The van der Waals surface area contributed by atoms with Crippen LogP contribution in [0, 0.1) is 5.92 Å². The van der Waals surface area contributed by atoms with Crippen LogP contribution in [-0.2, 0) is 4.79 Å². The molecule has 1 atom stereocenters. The van der Waals surface area contributed by atoms with Gasteiger partial charge in [-0.2, -0.15) is 11.8 Å². The van der Waals surface area contributed by atoms with Crippen LogP contribution in [0.4, 0.5) is 5.69 Å². The first-order valence-corrected chi connectivity index (χ1v) is 9.25. The van der Waals surface area contributed by atoms with Gasteiger partial charge in [0.05, 0.1) is 16.6 Å². The standard InChI is InChI=1S/C16H24ClN3O2S/c1-10(2)9-19-15(21)12-5-4-11(8-13(12)17)20-16(22)14(18)6-7-23-3/h4-5,8,10,14H,6-7,9,18H2,1-3H3,(H,19,21)(H,20,22)/t14-/m0/s1. The molecule has 0 spiro atoms. The molecule has 0 aromatic heterocycles. The van der Waals surface area contributed by atoms with Gasteiger partial charge in [0.15, 0.2) is 0 Å². The van der Waals surface area contributed by atoms with E-state index in [0.717, 1.165) is 5.75 Å². The second-order valence-corrected chi connectivity index (χ2v) is 7.07. The summed E-state index contributed by atoms with van der Waals surface area (Å²) in [5, 5.41) is 5.82. The normalized spacial score (nSPS) is 12.1. The second kappa shape index (κ2) is 9.80. The van der Waals surface area contributed by atoms with Gasteiger partial charge in [-0.05, 0) is 42.5 Å². The van der Waals surface area contributed by atoms with Crippen molar-refractivity contribution < 1.29 is 9.59 Å². The molecule has 23 heavy (non-hydrogen) atoms. The van der Waals surface area contributed by atoms with Crippen molar-refractivity contribution in [1.82, 2.24) is 5.32 Å². The van der Waals surface area contributed by atoms with E-state index >= 15 is 0 Å². The third kappa shape index (κ3) is 6.81. The largest absolute Gasteiger partial charge is 0.352 e. The number of carbonyl (C=O) groups is 2. The average molecular weight is 358 g/mol. The van der Waals surface area contributed by atoms with E-state index in [1.807, 2.05) is 20.1 Å². The van der Waals surface area contributed by atoms with Crippen LogP contribution in [0.5, 0.6) is 0 Å². The molecule has 0 saturated carbocycles. The molecular weight excluding hydrogens is 334 g/mol. The highest BCUT2D eigenvalue weighted by atomic mass is 35.5. The van der Waals surface area contributed by atoms with Gasteiger partial charge in [0.2, 0.25) is 5.91 Å². The summed E-state index contributed by atoms with van der Waals surface area (Å²) in [5.41, 5.74) is 6.73. The molecular formula is C16H24ClN3O2S. The fraction of sp³-hybridized carbons (Fsp3) is 0.500. The van der Waals surface area contributed by atoms with E-state index in [4.69, 9.17) is 17.3 Å². The number of halogens is 1. The average Bonchev–Trinajstić information content (AvgIpc) is 2.50. The van der Waals surface area contributed by atoms with Crippen LogP contribution in [-0.4, -0.2) is 36.4 Å². The Labute approximate surface area is 146 Å². The van der Waals surface area contributed by atoms with Crippen LogP contribution in [0.25, 0.3) is 0 Å². The summed E-state index contributed by atoms with van der Waals surface area (Å²) >= 11 is 7.78. The van der Waals surface area contributed by atoms with Crippen molar-refractivity contribution in [3.05, 3.63) is 28.8 Å². The van der Waals surface area contributed by atoms with Gasteiger partial charge in [-0.1, -0.05) is 25.4 Å². The molecule has 5 nitrogen and oxygen atoms in total. The monoisotopic (exact) mass is 357 g/mol. The molecule has 4 N–H and O–H groups in total. The summed E-state index contributed by atoms with van der Waals surface area (Å²) in [6.45, 7) is 4.61. The zero-order valence-electron chi connectivity index (χ0n) is 13.7. The number of rotatable bonds is 8. The maximum absolute atomic E-state index is 12.0. The molecule has 7 heteroatoms. The number of benzene rings is 1. The van der Waals surface area contributed by atoms with Crippen molar-refractivity contribution in [1.29, 1.82) is 0 Å². The minimum absolute atomic E-state index is 0.224. The van der Waals surface area contributed by atoms with Crippen molar-refractivity contribution >= 4 is 40.9 Å². The molecule has 1 aromatic rings. The molecule has 0 saturated heterocycles. The number of amides is 2. The van der Waals surface area contributed by atoms with Crippen LogP contribution in [0.3, 0.4) is 0 Å². The van der Waals surface area contributed by atoms with Crippen molar-refractivity contribution in [2.75, 3.05) is 23.9 Å². The first kappa shape index (κ1) is 19.8. The molecule has 0 bridgehead atoms. The van der Waals surface area contributed by atoms with E-state index in [1.54, 1.807) is 30.0 Å². The third-order valence-corrected chi connectivity index (χ3v) is 4.08. The lowest BCUT2D eigenvalue weighted by atomic mass is 10.1. The van der Waals surface area contributed by atoms with Gasteiger partial charge >= 0.3 is 0 Å². The Morgan fingerprint density at radius 3 is 2.61 bits per heavy atom. The number of nitrogens with one attached hydrogen (secondary N) is 2. The predicted octanol–water partition coefficient (Wildman–Crippen LogP) is 2.74. The van der Waals surface area contributed by atoms with Gasteiger partial charge in [0.1, 0.15) is 0 Å². The minimum atomic E-state index is -0.560. The van der Waals surface area contributed by atoms with Gasteiger partial charge < -0.3 is 16.4 Å². The fourth-order valence-electron chi connectivity index (χ4n) is 1.78. The molecule has 1 rings (SSSR count). The Morgan fingerprint density at radius 1 is 1.35 bits per heavy atom. The summed E-state index contributed by atoms with van der Waals surface area (Å²) in [5.74, 6) is 0.703. The summed E-state index contributed by atoms with van der Waals surface area (Å²) in [4.78, 5) is 24.0. The molecule has 1 aromatic carbocycles. The number of carbonyl (C=O) groups excluding carboxylic acids is 2. The van der Waals surface area contributed by atoms with Crippen LogP contribution < -0.4 is 16.4 Å². The SMILES string of the molecule is CSCC[C@H](N)C(=O)Nc1ccc(C(=O)NCC(C)C)c(Cl)c1. The fourth-order valence-corrected chi connectivity index (χ4v) is 2.54. The number of thioether (sulfide) groups is 1. The molecule has 2 amide bonds. The topological polar surface area (TPSA) is 84.2 Å². The Kier molecular flexibility index (Phi) is 8.44. The van der Waals surface area contributed by atoms with Crippen molar-refractivity contribution in [3.63, 3.8) is 0 Å². The zero-order valence-corrected chi connectivity index (χ0v) is 15.3. The lowest BCUT2D eigenvalue weighted by Crippen LogP contribution is -2.36. The molecule has 0 aliphatic rings. The Balaban J connectivity index is 2.68. The summed E-state index contributed by atoms with van der Waals surface area (Å²) in [7, 11) is 0. The van der Waals surface area contributed by atoms with E-state index in [1.165, 1.54) is 0 Å². The van der Waals surface area contributed by atoms with Crippen molar-refractivity contribution in [3.8, 4) is 0 Å². The third-order valence-electron chi connectivity index (χ3n) is 3.12. The summed E-state index contributed by atoms with van der Waals surface area (Å²) in [6, 6.07) is 4.25. The second-order valence-electron chi connectivity index (χ2n) is 5.68. The molecule has 0 unspecified atom stereocenters. The lowest BCUT2D eigenvalue weighted by molar-refractivity contribution is -0.117. The van der Waals surface area contributed by atoms with Gasteiger partial charge in [0.25, 0.3) is 5.91 Å². The van der Waals surface area contributed by atoms with Gasteiger partial charge in [-0.25, -0.2) is 0 Å². The Bertz CT molecular complexity index is 552. The highest BCUT2D eigenvalue weighted by molar-refractivity contribution is 7.98. The van der Waals surface area contributed by atoms with E-state index in [0.29, 0.717) is 35.2 Å². The minimum Gasteiger partial charge on any atom is -0.352 e. The highest BCUT2D eigenvalue weighted by Gasteiger charge is 2.15. The van der Waals surface area contributed by atoms with Crippen LogP contribution in [0.2, 0.25) is 5.02 Å². The van der Waals surface area contributed by atoms with Gasteiger partial charge in [-0.3, -0.25) is 9.59 Å². The Morgan fingerprint density at radius 2 is 2.04 bits per heavy atom. The summed E-state index contributed by atoms with van der Waals surface area (Å²) in [6.07, 6.45) is 2.57. The molecule has 0 radical (unpaired) electrons. The van der Waals surface area contributed by atoms with E-state index < -0.39 is 6.04 Å².